The summed E-state index contributed by atoms with van der Waals surface area (Å²) in [5.74, 6) is 0.0328. The third-order valence-corrected chi connectivity index (χ3v) is 4.23. The van der Waals surface area contributed by atoms with Gasteiger partial charge in [-0.15, -0.1) is 0 Å². The minimum Gasteiger partial charge on any atom is -0.444 e. The quantitative estimate of drug-likeness (QED) is 0.675. The summed E-state index contributed by atoms with van der Waals surface area (Å²) in [7, 11) is 0. The Balaban J connectivity index is 2.14. The number of benzene rings is 2. The first-order chi connectivity index (χ1) is 13.7. The van der Waals surface area contributed by atoms with Crippen LogP contribution in [0.5, 0.6) is 0 Å². The standard InChI is InChI=1S/C24H32N2O3/c1-19(27)15-22(25-23(28)29-24(2,3)4)18-26(16-20-11-7-5-8-12-20)17-21-13-9-6-10-14-21/h5-14,22H,15-18H2,1-4H3,(H,25,28)/t22-/m0/s1. The van der Waals surface area contributed by atoms with E-state index in [2.05, 4.69) is 34.5 Å². The second kappa shape index (κ2) is 10.8. The molecule has 0 heterocycles. The maximum absolute atomic E-state index is 12.3. The van der Waals surface area contributed by atoms with Crippen molar-refractivity contribution in [3.8, 4) is 0 Å². The van der Waals surface area contributed by atoms with Crippen molar-refractivity contribution in [3.63, 3.8) is 0 Å². The number of alkyl carbamates (subject to hydrolysis) is 1. The minimum absolute atomic E-state index is 0.0328. The number of amides is 1. The topological polar surface area (TPSA) is 58.6 Å². The summed E-state index contributed by atoms with van der Waals surface area (Å²) < 4.78 is 5.39. The molecule has 156 valence electrons. The molecule has 0 radical (unpaired) electrons. The number of carbonyl (C=O) groups is 2. The van der Waals surface area contributed by atoms with E-state index < -0.39 is 11.7 Å². The third kappa shape index (κ3) is 9.39. The molecule has 1 amide bonds. The average Bonchev–Trinajstić information content (AvgIpc) is 2.61. The molecule has 0 aromatic heterocycles. The number of hydrogen-bond donors (Lipinski definition) is 1. The van der Waals surface area contributed by atoms with Crippen molar-refractivity contribution in [2.24, 2.45) is 0 Å². The fraction of sp³-hybridized carbons (Fsp3) is 0.417. The van der Waals surface area contributed by atoms with Crippen LogP contribution in [-0.4, -0.2) is 35.0 Å². The van der Waals surface area contributed by atoms with Gasteiger partial charge in [-0.05, 0) is 38.8 Å². The molecule has 2 aromatic carbocycles. The van der Waals surface area contributed by atoms with Crippen molar-refractivity contribution in [1.82, 2.24) is 10.2 Å². The van der Waals surface area contributed by atoms with Crippen LogP contribution in [0.4, 0.5) is 4.79 Å². The van der Waals surface area contributed by atoms with Crippen LogP contribution < -0.4 is 5.32 Å². The number of ether oxygens (including phenoxy) is 1. The molecule has 5 nitrogen and oxygen atoms in total. The van der Waals surface area contributed by atoms with Crippen LogP contribution in [0.25, 0.3) is 0 Å². The highest BCUT2D eigenvalue weighted by molar-refractivity contribution is 5.77. The Kier molecular flexibility index (Phi) is 8.40. The van der Waals surface area contributed by atoms with E-state index in [1.165, 1.54) is 11.1 Å². The summed E-state index contributed by atoms with van der Waals surface area (Å²) in [6.07, 6.45) is -0.234. The predicted octanol–water partition coefficient (Wildman–Crippen LogP) is 4.56. The van der Waals surface area contributed by atoms with Gasteiger partial charge < -0.3 is 10.1 Å². The fourth-order valence-electron chi connectivity index (χ4n) is 3.16. The molecule has 0 unspecified atom stereocenters. The molecule has 0 saturated carbocycles. The summed E-state index contributed by atoms with van der Waals surface area (Å²) >= 11 is 0. The van der Waals surface area contributed by atoms with E-state index in [4.69, 9.17) is 4.74 Å². The first kappa shape index (κ1) is 22.6. The summed E-state index contributed by atoms with van der Waals surface area (Å²) in [6, 6.07) is 20.1. The van der Waals surface area contributed by atoms with Crippen molar-refractivity contribution in [3.05, 3.63) is 71.8 Å². The first-order valence-corrected chi connectivity index (χ1v) is 10.0. The molecular weight excluding hydrogens is 364 g/mol. The van der Waals surface area contributed by atoms with Crippen LogP contribution in [0.15, 0.2) is 60.7 Å². The zero-order valence-corrected chi connectivity index (χ0v) is 17.9. The van der Waals surface area contributed by atoms with Gasteiger partial charge in [0, 0.05) is 26.1 Å². The number of hydrogen-bond acceptors (Lipinski definition) is 4. The molecule has 29 heavy (non-hydrogen) atoms. The molecule has 2 aromatic rings. The highest BCUT2D eigenvalue weighted by Gasteiger charge is 2.22. The van der Waals surface area contributed by atoms with Crippen LogP contribution in [-0.2, 0) is 22.6 Å². The molecule has 1 atom stereocenters. The number of rotatable bonds is 9. The molecular formula is C24H32N2O3. The highest BCUT2D eigenvalue weighted by atomic mass is 16.6. The SMILES string of the molecule is CC(=O)C[C@@H](CN(Cc1ccccc1)Cc1ccccc1)NC(=O)OC(C)(C)C. The fourth-order valence-corrected chi connectivity index (χ4v) is 3.16. The van der Waals surface area contributed by atoms with Gasteiger partial charge in [0.2, 0.25) is 0 Å². The van der Waals surface area contributed by atoms with Gasteiger partial charge in [-0.1, -0.05) is 60.7 Å². The smallest absolute Gasteiger partial charge is 0.407 e. The van der Waals surface area contributed by atoms with Crippen LogP contribution in [0.3, 0.4) is 0 Å². The lowest BCUT2D eigenvalue weighted by Gasteiger charge is -2.29. The Bertz CT molecular complexity index is 728. The van der Waals surface area contributed by atoms with Gasteiger partial charge >= 0.3 is 6.09 Å². The van der Waals surface area contributed by atoms with Crippen molar-refractivity contribution in [2.75, 3.05) is 6.54 Å². The Morgan fingerprint density at radius 2 is 1.41 bits per heavy atom. The van der Waals surface area contributed by atoms with E-state index in [9.17, 15) is 9.59 Å². The molecule has 0 spiro atoms. The molecule has 0 bridgehead atoms. The van der Waals surface area contributed by atoms with E-state index in [1.807, 2.05) is 57.2 Å². The highest BCUT2D eigenvalue weighted by Crippen LogP contribution is 2.13. The van der Waals surface area contributed by atoms with E-state index in [-0.39, 0.29) is 18.2 Å². The summed E-state index contributed by atoms with van der Waals surface area (Å²) in [5.41, 5.74) is 1.78. The van der Waals surface area contributed by atoms with Gasteiger partial charge in [0.15, 0.2) is 0 Å². The van der Waals surface area contributed by atoms with Gasteiger partial charge in [0.25, 0.3) is 0 Å². The summed E-state index contributed by atoms with van der Waals surface area (Å²) in [4.78, 5) is 26.3. The number of nitrogens with zero attached hydrogens (tertiary/aromatic N) is 1. The number of Topliss-reactive ketones (excluding diaryl/α,β-unsaturated/α-hetero) is 1. The average molecular weight is 397 g/mol. The first-order valence-electron chi connectivity index (χ1n) is 10.0. The third-order valence-electron chi connectivity index (χ3n) is 4.23. The van der Waals surface area contributed by atoms with Crippen LogP contribution >= 0.6 is 0 Å². The second-order valence-electron chi connectivity index (χ2n) is 8.39. The lowest BCUT2D eigenvalue weighted by molar-refractivity contribution is -0.117. The molecule has 0 aliphatic rings. The Hall–Kier alpha value is -2.66. The van der Waals surface area contributed by atoms with Crippen LogP contribution in [0, 0.1) is 0 Å². The van der Waals surface area contributed by atoms with Gasteiger partial charge in [-0.3, -0.25) is 9.69 Å². The van der Waals surface area contributed by atoms with E-state index >= 15 is 0 Å². The zero-order chi connectivity index (χ0) is 21.3. The maximum Gasteiger partial charge on any atom is 0.407 e. The lowest BCUT2D eigenvalue weighted by Crippen LogP contribution is -2.46. The van der Waals surface area contributed by atoms with Gasteiger partial charge in [-0.2, -0.15) is 0 Å². The summed E-state index contributed by atoms with van der Waals surface area (Å²) in [5, 5.41) is 2.88. The predicted molar refractivity (Wildman–Crippen MR) is 115 cm³/mol. The second-order valence-corrected chi connectivity index (χ2v) is 8.39. The van der Waals surface area contributed by atoms with Crippen molar-refractivity contribution in [2.45, 2.75) is 58.8 Å². The van der Waals surface area contributed by atoms with Crippen molar-refractivity contribution < 1.29 is 14.3 Å². The van der Waals surface area contributed by atoms with Crippen molar-refractivity contribution >= 4 is 11.9 Å². The van der Waals surface area contributed by atoms with E-state index in [0.29, 0.717) is 6.54 Å². The monoisotopic (exact) mass is 396 g/mol. The molecule has 0 saturated heterocycles. The zero-order valence-electron chi connectivity index (χ0n) is 17.9. The number of carbonyl (C=O) groups excluding carboxylic acids is 2. The van der Waals surface area contributed by atoms with E-state index in [1.54, 1.807) is 6.92 Å². The van der Waals surface area contributed by atoms with Crippen molar-refractivity contribution in [1.29, 1.82) is 0 Å². The largest absolute Gasteiger partial charge is 0.444 e. The van der Waals surface area contributed by atoms with Gasteiger partial charge in [0.05, 0.1) is 6.04 Å². The molecule has 0 fully saturated rings. The number of ketones is 1. The minimum atomic E-state index is -0.585. The molecule has 0 aliphatic heterocycles. The van der Waals surface area contributed by atoms with E-state index in [0.717, 1.165) is 13.1 Å². The van der Waals surface area contributed by atoms with Crippen LogP contribution in [0.2, 0.25) is 0 Å². The molecule has 1 N–H and O–H groups in total. The Morgan fingerprint density at radius 1 is 0.931 bits per heavy atom. The van der Waals surface area contributed by atoms with Gasteiger partial charge in [0.1, 0.15) is 11.4 Å². The summed E-state index contributed by atoms with van der Waals surface area (Å²) in [6.45, 7) is 9.00. The van der Waals surface area contributed by atoms with Crippen LogP contribution in [0.1, 0.15) is 45.2 Å². The maximum atomic E-state index is 12.3. The Labute approximate surface area is 174 Å². The molecule has 2 rings (SSSR count). The normalized spacial score (nSPS) is 12.4. The Morgan fingerprint density at radius 3 is 1.83 bits per heavy atom. The van der Waals surface area contributed by atoms with Gasteiger partial charge in [-0.25, -0.2) is 4.79 Å². The number of nitrogens with one attached hydrogen (secondary N) is 1. The molecule has 0 aliphatic carbocycles. The molecule has 5 heteroatoms. The lowest BCUT2D eigenvalue weighted by atomic mass is 10.1.